The molecular weight excluding hydrogens is 150 g/mol. The topological polar surface area (TPSA) is 21.3 Å². The monoisotopic (exact) mass is 173 g/mol. The highest BCUT2D eigenvalue weighted by Gasteiger charge is 2.16. The quantitative estimate of drug-likeness (QED) is 0.596. The largest absolute Gasteiger partial charge is 0.374 e. The minimum atomic E-state index is -0.00875. The Morgan fingerprint density at radius 2 is 1.92 bits per heavy atom. The van der Waals surface area contributed by atoms with E-state index in [1.165, 1.54) is 6.42 Å². The number of ether oxygens (including phenoxy) is 1. The number of rotatable bonds is 7. The van der Waals surface area contributed by atoms with Crippen LogP contribution in [-0.4, -0.2) is 25.3 Å². The molecule has 2 nitrogen and oxygen atoms in total. The zero-order valence-corrected chi connectivity index (χ0v) is 8.94. The first kappa shape index (κ1) is 11.9. The van der Waals surface area contributed by atoms with E-state index in [2.05, 4.69) is 33.0 Å². The first-order chi connectivity index (χ1) is 5.62. The van der Waals surface area contributed by atoms with Crippen molar-refractivity contribution in [2.75, 3.05) is 19.7 Å². The number of hydrogen-bond donors (Lipinski definition) is 1. The average Bonchev–Trinajstić information content (AvgIpc) is 2.01. The second kappa shape index (κ2) is 6.44. The summed E-state index contributed by atoms with van der Waals surface area (Å²) in [5.41, 5.74) is -0.00875. The average molecular weight is 173 g/mol. The van der Waals surface area contributed by atoms with E-state index in [0.29, 0.717) is 0 Å². The molecule has 12 heavy (non-hydrogen) atoms. The Labute approximate surface area is 76.7 Å². The highest BCUT2D eigenvalue weighted by atomic mass is 16.5. The van der Waals surface area contributed by atoms with E-state index in [-0.39, 0.29) is 5.60 Å². The van der Waals surface area contributed by atoms with Crippen molar-refractivity contribution in [3.05, 3.63) is 0 Å². The van der Waals surface area contributed by atoms with Crippen molar-refractivity contribution in [1.29, 1.82) is 0 Å². The lowest BCUT2D eigenvalue weighted by Gasteiger charge is -2.25. The van der Waals surface area contributed by atoms with Crippen LogP contribution < -0.4 is 5.32 Å². The summed E-state index contributed by atoms with van der Waals surface area (Å²) in [6, 6.07) is 0. The third-order valence-corrected chi connectivity index (χ3v) is 1.79. The molecule has 0 spiro atoms. The van der Waals surface area contributed by atoms with Crippen LogP contribution in [0.2, 0.25) is 0 Å². The summed E-state index contributed by atoms with van der Waals surface area (Å²) in [4.78, 5) is 0. The molecule has 0 atom stereocenters. The summed E-state index contributed by atoms with van der Waals surface area (Å²) in [6.07, 6.45) is 2.37. The van der Waals surface area contributed by atoms with E-state index < -0.39 is 0 Å². The minimum absolute atomic E-state index is 0.00875. The van der Waals surface area contributed by atoms with Crippen molar-refractivity contribution >= 4 is 0 Å². The van der Waals surface area contributed by atoms with Gasteiger partial charge in [0.1, 0.15) is 0 Å². The van der Waals surface area contributed by atoms with Crippen molar-refractivity contribution in [3.8, 4) is 0 Å². The van der Waals surface area contributed by atoms with Crippen LogP contribution in [0.5, 0.6) is 0 Å². The van der Waals surface area contributed by atoms with E-state index in [4.69, 9.17) is 4.74 Å². The molecule has 0 unspecified atom stereocenters. The molecule has 0 aliphatic rings. The second-order valence-corrected chi connectivity index (χ2v) is 3.74. The molecule has 0 heterocycles. The molecule has 0 amide bonds. The number of likely N-dealkylation sites (N-methyl/N-ethyl adjacent to an activating group) is 1. The highest BCUT2D eigenvalue weighted by Crippen LogP contribution is 2.08. The van der Waals surface area contributed by atoms with Crippen LogP contribution in [-0.2, 0) is 4.74 Å². The van der Waals surface area contributed by atoms with Crippen LogP contribution >= 0.6 is 0 Å². The van der Waals surface area contributed by atoms with Crippen LogP contribution in [0.25, 0.3) is 0 Å². The van der Waals surface area contributed by atoms with Gasteiger partial charge in [0, 0.05) is 13.2 Å². The second-order valence-electron chi connectivity index (χ2n) is 3.74. The molecule has 1 N–H and O–H groups in total. The zero-order valence-electron chi connectivity index (χ0n) is 8.94. The summed E-state index contributed by atoms with van der Waals surface area (Å²) < 4.78 is 5.71. The predicted octanol–water partition coefficient (Wildman–Crippen LogP) is 2.19. The van der Waals surface area contributed by atoms with Gasteiger partial charge < -0.3 is 10.1 Å². The SMILES string of the molecule is CCCCOC(C)(C)CNCC. The summed E-state index contributed by atoms with van der Waals surface area (Å²) >= 11 is 0. The van der Waals surface area contributed by atoms with Gasteiger partial charge in [-0.1, -0.05) is 20.3 Å². The highest BCUT2D eigenvalue weighted by molar-refractivity contribution is 4.70. The first-order valence-corrected chi connectivity index (χ1v) is 4.97. The van der Waals surface area contributed by atoms with Crippen LogP contribution in [0.15, 0.2) is 0 Å². The molecule has 0 fully saturated rings. The summed E-state index contributed by atoms with van der Waals surface area (Å²) in [5, 5.41) is 3.29. The van der Waals surface area contributed by atoms with Gasteiger partial charge in [-0.25, -0.2) is 0 Å². The molecule has 0 aromatic rings. The van der Waals surface area contributed by atoms with Gasteiger partial charge in [-0.2, -0.15) is 0 Å². The van der Waals surface area contributed by atoms with Crippen LogP contribution in [0.4, 0.5) is 0 Å². The lowest BCUT2D eigenvalue weighted by atomic mass is 10.1. The van der Waals surface area contributed by atoms with Crippen molar-refractivity contribution in [2.24, 2.45) is 0 Å². The van der Waals surface area contributed by atoms with Crippen molar-refractivity contribution in [1.82, 2.24) is 5.32 Å². The van der Waals surface area contributed by atoms with Crippen molar-refractivity contribution < 1.29 is 4.74 Å². The fourth-order valence-electron chi connectivity index (χ4n) is 0.970. The maximum absolute atomic E-state index is 5.71. The molecule has 0 aromatic carbocycles. The number of unbranched alkanes of at least 4 members (excludes halogenated alkanes) is 1. The Hall–Kier alpha value is -0.0800. The van der Waals surface area contributed by atoms with Crippen LogP contribution in [0.1, 0.15) is 40.5 Å². The predicted molar refractivity (Wildman–Crippen MR) is 53.5 cm³/mol. The molecular formula is C10H23NO. The van der Waals surface area contributed by atoms with Gasteiger partial charge in [0.2, 0.25) is 0 Å². The maximum Gasteiger partial charge on any atom is 0.0750 e. The molecule has 0 aliphatic heterocycles. The van der Waals surface area contributed by atoms with E-state index >= 15 is 0 Å². The lowest BCUT2D eigenvalue weighted by molar-refractivity contribution is -0.0171. The van der Waals surface area contributed by atoms with E-state index in [0.717, 1.165) is 26.1 Å². The normalized spacial score (nSPS) is 12.0. The Morgan fingerprint density at radius 1 is 1.25 bits per heavy atom. The van der Waals surface area contributed by atoms with Crippen molar-refractivity contribution in [3.63, 3.8) is 0 Å². The van der Waals surface area contributed by atoms with E-state index in [1.54, 1.807) is 0 Å². The molecule has 0 aliphatic carbocycles. The van der Waals surface area contributed by atoms with E-state index in [9.17, 15) is 0 Å². The Bertz CT molecular complexity index is 102. The van der Waals surface area contributed by atoms with Gasteiger partial charge in [0.15, 0.2) is 0 Å². The molecule has 0 bridgehead atoms. The van der Waals surface area contributed by atoms with Gasteiger partial charge in [-0.05, 0) is 26.8 Å². The zero-order chi connectivity index (χ0) is 9.45. The van der Waals surface area contributed by atoms with Gasteiger partial charge in [-0.3, -0.25) is 0 Å². The Morgan fingerprint density at radius 3 is 2.42 bits per heavy atom. The van der Waals surface area contributed by atoms with Crippen LogP contribution in [0, 0.1) is 0 Å². The number of hydrogen-bond acceptors (Lipinski definition) is 2. The van der Waals surface area contributed by atoms with Gasteiger partial charge >= 0.3 is 0 Å². The van der Waals surface area contributed by atoms with Gasteiger partial charge in [0.05, 0.1) is 5.60 Å². The third-order valence-electron chi connectivity index (χ3n) is 1.79. The van der Waals surface area contributed by atoms with Crippen LogP contribution in [0.3, 0.4) is 0 Å². The summed E-state index contributed by atoms with van der Waals surface area (Å²) in [5.74, 6) is 0. The molecule has 0 aromatic heterocycles. The maximum atomic E-state index is 5.71. The molecule has 74 valence electrons. The summed E-state index contributed by atoms with van der Waals surface area (Å²) in [6.45, 7) is 11.4. The molecule has 0 saturated heterocycles. The molecule has 0 saturated carbocycles. The summed E-state index contributed by atoms with van der Waals surface area (Å²) in [7, 11) is 0. The molecule has 0 rings (SSSR count). The minimum Gasteiger partial charge on any atom is -0.374 e. The fraction of sp³-hybridized carbons (Fsp3) is 1.00. The standard InChI is InChI=1S/C10H23NO/c1-5-7-8-12-10(3,4)9-11-6-2/h11H,5-9H2,1-4H3. The van der Waals surface area contributed by atoms with Gasteiger partial charge in [0.25, 0.3) is 0 Å². The lowest BCUT2D eigenvalue weighted by Crippen LogP contribution is -2.37. The third kappa shape index (κ3) is 6.62. The molecule has 2 heteroatoms. The van der Waals surface area contributed by atoms with Gasteiger partial charge in [-0.15, -0.1) is 0 Å². The number of nitrogens with one attached hydrogen (secondary N) is 1. The Kier molecular flexibility index (Phi) is 6.39. The fourth-order valence-corrected chi connectivity index (χ4v) is 0.970. The van der Waals surface area contributed by atoms with E-state index in [1.807, 2.05) is 0 Å². The Balaban J connectivity index is 3.42. The van der Waals surface area contributed by atoms with Crippen molar-refractivity contribution in [2.45, 2.75) is 46.1 Å². The molecule has 0 radical (unpaired) electrons. The first-order valence-electron chi connectivity index (χ1n) is 4.97. The smallest absolute Gasteiger partial charge is 0.0750 e.